The molecule has 0 radical (unpaired) electrons. The van der Waals surface area contributed by atoms with Gasteiger partial charge in [0.1, 0.15) is 5.75 Å². The lowest BCUT2D eigenvalue weighted by Crippen LogP contribution is -2.15. The Kier molecular flexibility index (Phi) is 5.90. The quantitative estimate of drug-likeness (QED) is 0.448. The molecular weight excluding hydrogens is 445 g/mol. The minimum Gasteiger partial charge on any atom is -0.497 e. The van der Waals surface area contributed by atoms with Crippen molar-refractivity contribution in [2.75, 3.05) is 12.4 Å². The van der Waals surface area contributed by atoms with Crippen LogP contribution in [0.4, 0.5) is 5.13 Å². The Hall–Kier alpha value is -2.68. The second-order valence-electron chi connectivity index (χ2n) is 6.61. The summed E-state index contributed by atoms with van der Waals surface area (Å²) >= 11 is 13.4. The number of hydrogen-bond donors (Lipinski definition) is 1. The number of hydrogen-bond acceptors (Lipinski definition) is 6. The SMILES string of the molecule is COc1ccc2nc(NC(=O)Cc3nnn(Cc4ccc(Cl)c(Cl)c4)c3C)sc2c1. The zero-order chi connectivity index (χ0) is 21.3. The van der Waals surface area contributed by atoms with Gasteiger partial charge in [-0.25, -0.2) is 9.67 Å². The summed E-state index contributed by atoms with van der Waals surface area (Å²) in [6, 6.07) is 11.0. The first-order chi connectivity index (χ1) is 14.4. The van der Waals surface area contributed by atoms with Crippen LogP contribution in [0.3, 0.4) is 0 Å². The Morgan fingerprint density at radius 2 is 2.03 bits per heavy atom. The van der Waals surface area contributed by atoms with Crippen LogP contribution in [-0.2, 0) is 17.8 Å². The first-order valence-corrected chi connectivity index (χ1v) is 10.6. The highest BCUT2D eigenvalue weighted by atomic mass is 35.5. The number of nitrogens with zero attached hydrogens (tertiary/aromatic N) is 4. The average molecular weight is 462 g/mol. The van der Waals surface area contributed by atoms with Crippen LogP contribution in [0.25, 0.3) is 10.2 Å². The third-order valence-corrected chi connectivity index (χ3v) is 6.24. The maximum atomic E-state index is 12.5. The lowest BCUT2D eigenvalue weighted by Gasteiger charge is -2.06. The highest BCUT2D eigenvalue weighted by Gasteiger charge is 2.15. The number of benzene rings is 2. The van der Waals surface area contributed by atoms with Gasteiger partial charge >= 0.3 is 0 Å². The molecule has 0 bridgehead atoms. The molecule has 2 heterocycles. The number of carbonyl (C=O) groups excluding carboxylic acids is 1. The molecule has 0 aliphatic carbocycles. The molecule has 7 nitrogen and oxygen atoms in total. The van der Waals surface area contributed by atoms with E-state index in [1.807, 2.05) is 31.2 Å². The largest absolute Gasteiger partial charge is 0.497 e. The second kappa shape index (κ2) is 8.59. The number of aromatic nitrogens is 4. The summed E-state index contributed by atoms with van der Waals surface area (Å²) < 4.78 is 7.89. The number of amides is 1. The van der Waals surface area contributed by atoms with Crippen LogP contribution >= 0.6 is 34.5 Å². The fourth-order valence-corrected chi connectivity index (χ4v) is 4.15. The summed E-state index contributed by atoms with van der Waals surface area (Å²) in [5.74, 6) is 0.545. The van der Waals surface area contributed by atoms with Gasteiger partial charge in [-0.2, -0.15) is 0 Å². The first-order valence-electron chi connectivity index (χ1n) is 9.00. The zero-order valence-corrected chi connectivity index (χ0v) is 18.5. The number of fused-ring (bicyclic) bond motifs is 1. The number of thiazole rings is 1. The van der Waals surface area contributed by atoms with Crippen LogP contribution in [0.2, 0.25) is 10.0 Å². The summed E-state index contributed by atoms with van der Waals surface area (Å²) in [6.45, 7) is 2.36. The molecule has 0 spiro atoms. The smallest absolute Gasteiger partial charge is 0.232 e. The van der Waals surface area contributed by atoms with Gasteiger partial charge in [0.15, 0.2) is 5.13 Å². The molecule has 0 aliphatic rings. The van der Waals surface area contributed by atoms with Crippen LogP contribution in [0.5, 0.6) is 5.75 Å². The van der Waals surface area contributed by atoms with E-state index in [0.29, 0.717) is 27.4 Å². The molecule has 0 atom stereocenters. The van der Waals surface area contributed by atoms with Gasteiger partial charge in [0.25, 0.3) is 0 Å². The molecular formula is C20H17Cl2N5O2S. The van der Waals surface area contributed by atoms with Crippen molar-refractivity contribution >= 4 is 55.8 Å². The van der Waals surface area contributed by atoms with E-state index in [0.717, 1.165) is 27.2 Å². The number of methoxy groups -OCH3 is 1. The van der Waals surface area contributed by atoms with E-state index in [2.05, 4.69) is 20.6 Å². The van der Waals surface area contributed by atoms with Crippen molar-refractivity contribution in [2.24, 2.45) is 0 Å². The van der Waals surface area contributed by atoms with Gasteiger partial charge < -0.3 is 10.1 Å². The van der Waals surface area contributed by atoms with Crippen molar-refractivity contribution in [3.05, 3.63) is 63.4 Å². The number of ether oxygens (including phenoxy) is 1. The molecule has 0 unspecified atom stereocenters. The molecule has 0 saturated heterocycles. The molecule has 4 aromatic rings. The Balaban J connectivity index is 1.44. The monoisotopic (exact) mass is 461 g/mol. The van der Waals surface area contributed by atoms with Crippen LogP contribution in [0.15, 0.2) is 36.4 Å². The second-order valence-corrected chi connectivity index (χ2v) is 8.45. The lowest BCUT2D eigenvalue weighted by molar-refractivity contribution is -0.115. The number of rotatable bonds is 6. The van der Waals surface area contributed by atoms with Crippen LogP contribution < -0.4 is 10.1 Å². The standard InChI is InChI=1S/C20H17Cl2N5O2S/c1-11-17(25-26-27(11)10-12-3-5-14(21)15(22)7-12)9-19(28)24-20-23-16-6-4-13(29-2)8-18(16)30-20/h3-8H,9-10H2,1-2H3,(H,23,24,28). The van der Waals surface area contributed by atoms with E-state index in [9.17, 15) is 4.79 Å². The van der Waals surface area contributed by atoms with E-state index in [-0.39, 0.29) is 12.3 Å². The summed E-state index contributed by atoms with van der Waals surface area (Å²) in [4.78, 5) is 16.9. The van der Waals surface area contributed by atoms with Crippen LogP contribution in [-0.4, -0.2) is 33.0 Å². The molecule has 154 valence electrons. The van der Waals surface area contributed by atoms with E-state index in [1.165, 1.54) is 11.3 Å². The predicted octanol–water partition coefficient (Wildman–Crippen LogP) is 4.74. The molecule has 2 aromatic heterocycles. The van der Waals surface area contributed by atoms with Gasteiger partial charge in [0, 0.05) is 0 Å². The number of carbonyl (C=O) groups is 1. The van der Waals surface area contributed by atoms with Crippen molar-refractivity contribution < 1.29 is 9.53 Å². The zero-order valence-electron chi connectivity index (χ0n) is 16.1. The Bertz CT molecular complexity index is 1240. The molecule has 10 heteroatoms. The lowest BCUT2D eigenvalue weighted by atomic mass is 10.2. The number of anilines is 1. The third kappa shape index (κ3) is 4.40. The Morgan fingerprint density at radius 1 is 1.20 bits per heavy atom. The number of halogens is 2. The van der Waals surface area contributed by atoms with E-state index in [1.54, 1.807) is 23.9 Å². The van der Waals surface area contributed by atoms with Crippen molar-refractivity contribution in [2.45, 2.75) is 19.9 Å². The molecule has 30 heavy (non-hydrogen) atoms. The topological polar surface area (TPSA) is 81.9 Å². The van der Waals surface area contributed by atoms with Gasteiger partial charge in [0.05, 0.1) is 51.7 Å². The van der Waals surface area contributed by atoms with Gasteiger partial charge in [-0.15, -0.1) is 5.10 Å². The summed E-state index contributed by atoms with van der Waals surface area (Å²) in [6.07, 6.45) is 0.104. The summed E-state index contributed by atoms with van der Waals surface area (Å²) in [7, 11) is 1.61. The van der Waals surface area contributed by atoms with Crippen molar-refractivity contribution in [1.29, 1.82) is 0 Å². The van der Waals surface area contributed by atoms with Gasteiger partial charge in [-0.3, -0.25) is 4.79 Å². The Morgan fingerprint density at radius 3 is 2.80 bits per heavy atom. The van der Waals surface area contributed by atoms with Crippen molar-refractivity contribution in [3.8, 4) is 5.75 Å². The average Bonchev–Trinajstić information content (AvgIpc) is 3.27. The fraction of sp³-hybridized carbons (Fsp3) is 0.200. The maximum absolute atomic E-state index is 12.5. The highest BCUT2D eigenvalue weighted by molar-refractivity contribution is 7.22. The first kappa shape index (κ1) is 20.6. The molecule has 0 saturated carbocycles. The maximum Gasteiger partial charge on any atom is 0.232 e. The normalized spacial score (nSPS) is 11.1. The molecule has 0 aliphatic heterocycles. The van der Waals surface area contributed by atoms with Crippen molar-refractivity contribution in [1.82, 2.24) is 20.0 Å². The molecule has 0 fully saturated rings. The van der Waals surface area contributed by atoms with Gasteiger partial charge in [-0.05, 0) is 42.8 Å². The summed E-state index contributed by atoms with van der Waals surface area (Å²) in [5, 5.41) is 12.7. The number of nitrogens with one attached hydrogen (secondary N) is 1. The summed E-state index contributed by atoms with van der Waals surface area (Å²) in [5.41, 5.74) is 3.17. The van der Waals surface area contributed by atoms with E-state index < -0.39 is 0 Å². The predicted molar refractivity (Wildman–Crippen MR) is 119 cm³/mol. The molecule has 2 aromatic carbocycles. The minimum absolute atomic E-state index is 0.104. The molecule has 4 rings (SSSR count). The fourth-order valence-electron chi connectivity index (χ4n) is 2.92. The Labute approximate surface area is 186 Å². The van der Waals surface area contributed by atoms with E-state index >= 15 is 0 Å². The van der Waals surface area contributed by atoms with Crippen LogP contribution in [0, 0.1) is 6.92 Å². The van der Waals surface area contributed by atoms with Crippen LogP contribution in [0.1, 0.15) is 17.0 Å². The minimum atomic E-state index is -0.203. The van der Waals surface area contributed by atoms with E-state index in [4.69, 9.17) is 27.9 Å². The van der Waals surface area contributed by atoms with Gasteiger partial charge in [0.2, 0.25) is 5.91 Å². The molecule has 1 N–H and O–H groups in total. The highest BCUT2D eigenvalue weighted by Crippen LogP contribution is 2.29. The molecule has 1 amide bonds. The van der Waals surface area contributed by atoms with Crippen molar-refractivity contribution in [3.63, 3.8) is 0 Å². The third-order valence-electron chi connectivity index (χ3n) is 4.56. The van der Waals surface area contributed by atoms with Gasteiger partial charge in [-0.1, -0.05) is 45.8 Å².